The third kappa shape index (κ3) is 6.58. The van der Waals surface area contributed by atoms with E-state index in [2.05, 4.69) is 11.8 Å². The standard InChI is InChI=1S/C20H21F3O3S/c1-19(2,3)26-10-4-5-15-13-27-17(11-24)18(15)25-12-14-6-8-16(9-7-14)20(21,22)23/h6-9,13,24H,10-12H2,1-3H3. The third-order valence-electron chi connectivity index (χ3n) is 3.43. The Balaban J connectivity index is 2.07. The van der Waals surface area contributed by atoms with Crippen LogP contribution in [0.4, 0.5) is 13.2 Å². The van der Waals surface area contributed by atoms with Crippen molar-refractivity contribution in [3.8, 4) is 17.6 Å². The molecule has 27 heavy (non-hydrogen) atoms. The number of hydrogen-bond acceptors (Lipinski definition) is 4. The molecule has 0 unspecified atom stereocenters. The van der Waals surface area contributed by atoms with Gasteiger partial charge in [-0.15, -0.1) is 11.3 Å². The lowest BCUT2D eigenvalue weighted by Crippen LogP contribution is -2.19. The van der Waals surface area contributed by atoms with Gasteiger partial charge in [-0.05, 0) is 38.5 Å². The molecule has 0 spiro atoms. The van der Waals surface area contributed by atoms with Crippen molar-refractivity contribution >= 4 is 11.3 Å². The van der Waals surface area contributed by atoms with Gasteiger partial charge in [0, 0.05) is 5.38 Å². The van der Waals surface area contributed by atoms with E-state index in [-0.39, 0.29) is 25.4 Å². The summed E-state index contributed by atoms with van der Waals surface area (Å²) in [5.41, 5.74) is 0.214. The molecule has 1 aromatic carbocycles. The molecule has 0 saturated carbocycles. The average molecular weight is 398 g/mol. The third-order valence-corrected chi connectivity index (χ3v) is 4.38. The quantitative estimate of drug-likeness (QED) is 0.720. The Kier molecular flexibility index (Phi) is 6.93. The minimum atomic E-state index is -4.37. The van der Waals surface area contributed by atoms with Crippen LogP contribution >= 0.6 is 11.3 Å². The summed E-state index contributed by atoms with van der Waals surface area (Å²) in [6.45, 7) is 5.93. The minimum absolute atomic E-state index is 0.0784. The zero-order chi connectivity index (χ0) is 20.1. The van der Waals surface area contributed by atoms with Crippen LogP contribution in [0.1, 0.15) is 42.3 Å². The Morgan fingerprint density at radius 3 is 2.33 bits per heavy atom. The number of hydrogen-bond donors (Lipinski definition) is 1. The van der Waals surface area contributed by atoms with Gasteiger partial charge in [0.1, 0.15) is 13.2 Å². The molecular formula is C20H21F3O3S. The van der Waals surface area contributed by atoms with E-state index < -0.39 is 11.7 Å². The Hall–Kier alpha value is -2.01. The van der Waals surface area contributed by atoms with Crippen molar-refractivity contribution in [1.29, 1.82) is 0 Å². The number of alkyl halides is 3. The summed E-state index contributed by atoms with van der Waals surface area (Å²) >= 11 is 1.31. The van der Waals surface area contributed by atoms with Crippen molar-refractivity contribution in [3.05, 3.63) is 51.2 Å². The SMILES string of the molecule is CC(C)(C)OCC#Cc1csc(CO)c1OCc1ccc(C(F)(F)F)cc1. The van der Waals surface area contributed by atoms with E-state index in [9.17, 15) is 18.3 Å². The van der Waals surface area contributed by atoms with E-state index in [0.717, 1.165) is 12.1 Å². The van der Waals surface area contributed by atoms with E-state index in [1.807, 2.05) is 20.8 Å². The van der Waals surface area contributed by atoms with E-state index in [0.29, 0.717) is 21.8 Å². The van der Waals surface area contributed by atoms with Crippen LogP contribution in [0.5, 0.6) is 5.75 Å². The molecule has 0 bridgehead atoms. The maximum Gasteiger partial charge on any atom is 0.416 e. The van der Waals surface area contributed by atoms with Crippen molar-refractivity contribution in [2.75, 3.05) is 6.61 Å². The van der Waals surface area contributed by atoms with Crippen LogP contribution in [0, 0.1) is 11.8 Å². The molecule has 0 aliphatic heterocycles. The fourth-order valence-electron chi connectivity index (χ4n) is 2.07. The van der Waals surface area contributed by atoms with Gasteiger partial charge in [0.05, 0.1) is 28.2 Å². The largest absolute Gasteiger partial charge is 0.486 e. The second kappa shape index (κ2) is 8.79. The molecule has 1 aromatic heterocycles. The molecule has 1 N–H and O–H groups in total. The monoisotopic (exact) mass is 398 g/mol. The molecule has 0 atom stereocenters. The molecule has 2 rings (SSSR count). The van der Waals surface area contributed by atoms with Crippen LogP contribution in [0.2, 0.25) is 0 Å². The van der Waals surface area contributed by atoms with Crippen molar-refractivity contribution in [2.24, 2.45) is 0 Å². The molecule has 0 aliphatic rings. The summed E-state index contributed by atoms with van der Waals surface area (Å²) < 4.78 is 49.1. The Morgan fingerprint density at radius 1 is 1.11 bits per heavy atom. The van der Waals surface area contributed by atoms with Gasteiger partial charge in [0.2, 0.25) is 0 Å². The number of benzene rings is 1. The van der Waals surface area contributed by atoms with Crippen LogP contribution in [0.3, 0.4) is 0 Å². The maximum atomic E-state index is 12.6. The highest BCUT2D eigenvalue weighted by atomic mass is 32.1. The van der Waals surface area contributed by atoms with E-state index >= 15 is 0 Å². The summed E-state index contributed by atoms with van der Waals surface area (Å²) in [7, 11) is 0. The summed E-state index contributed by atoms with van der Waals surface area (Å²) in [5.74, 6) is 6.31. The number of rotatable bonds is 5. The van der Waals surface area contributed by atoms with Crippen LogP contribution in [0.15, 0.2) is 29.6 Å². The van der Waals surface area contributed by atoms with Gasteiger partial charge in [-0.1, -0.05) is 24.0 Å². The predicted octanol–water partition coefficient (Wildman–Crippen LogP) is 5.00. The predicted molar refractivity (Wildman–Crippen MR) is 98.6 cm³/mol. The highest BCUT2D eigenvalue weighted by molar-refractivity contribution is 7.10. The smallest absolute Gasteiger partial charge is 0.416 e. The number of aliphatic hydroxyl groups is 1. The lowest BCUT2D eigenvalue weighted by atomic mass is 10.1. The molecule has 7 heteroatoms. The number of ether oxygens (including phenoxy) is 2. The van der Waals surface area contributed by atoms with Crippen molar-refractivity contribution in [2.45, 2.75) is 45.8 Å². The summed E-state index contributed by atoms with van der Waals surface area (Å²) in [6.07, 6.45) is -4.37. The fourth-order valence-corrected chi connectivity index (χ4v) is 2.85. The lowest BCUT2D eigenvalue weighted by Gasteiger charge is -2.16. The highest BCUT2D eigenvalue weighted by Gasteiger charge is 2.29. The van der Waals surface area contributed by atoms with Crippen molar-refractivity contribution in [1.82, 2.24) is 0 Å². The Labute approximate surface area is 160 Å². The summed E-state index contributed by atoms with van der Waals surface area (Å²) in [6, 6.07) is 4.78. The first kappa shape index (κ1) is 21.3. The van der Waals surface area contributed by atoms with E-state index in [1.165, 1.54) is 23.5 Å². The van der Waals surface area contributed by atoms with Gasteiger partial charge in [0.25, 0.3) is 0 Å². The van der Waals surface area contributed by atoms with Crippen molar-refractivity contribution < 1.29 is 27.8 Å². The average Bonchev–Trinajstić information content (AvgIpc) is 2.97. The number of thiophene rings is 1. The molecule has 3 nitrogen and oxygen atoms in total. The van der Waals surface area contributed by atoms with Gasteiger partial charge in [-0.2, -0.15) is 13.2 Å². The normalized spacial score (nSPS) is 11.8. The van der Waals surface area contributed by atoms with Crippen molar-refractivity contribution in [3.63, 3.8) is 0 Å². The van der Waals surface area contributed by atoms with Gasteiger partial charge in [-0.25, -0.2) is 0 Å². The van der Waals surface area contributed by atoms with E-state index in [1.54, 1.807) is 5.38 Å². The second-order valence-electron chi connectivity index (χ2n) is 6.75. The molecule has 0 aliphatic carbocycles. The second-order valence-corrected chi connectivity index (χ2v) is 7.71. The zero-order valence-electron chi connectivity index (χ0n) is 15.3. The van der Waals surface area contributed by atoms with Crippen LogP contribution < -0.4 is 4.74 Å². The molecule has 0 amide bonds. The molecule has 146 valence electrons. The fraction of sp³-hybridized carbons (Fsp3) is 0.400. The van der Waals surface area contributed by atoms with Gasteiger partial charge >= 0.3 is 6.18 Å². The molecule has 1 heterocycles. The topological polar surface area (TPSA) is 38.7 Å². The first-order chi connectivity index (χ1) is 12.6. The van der Waals surface area contributed by atoms with Crippen LogP contribution in [-0.4, -0.2) is 17.3 Å². The highest BCUT2D eigenvalue weighted by Crippen LogP contribution is 2.32. The number of aliphatic hydroxyl groups excluding tert-OH is 1. The molecular weight excluding hydrogens is 377 g/mol. The number of halogens is 3. The Morgan fingerprint density at radius 2 is 1.78 bits per heavy atom. The molecule has 0 fully saturated rings. The van der Waals surface area contributed by atoms with Crippen LogP contribution in [0.25, 0.3) is 0 Å². The van der Waals surface area contributed by atoms with Gasteiger partial charge in [0.15, 0.2) is 5.75 Å². The first-order valence-electron chi connectivity index (χ1n) is 8.23. The molecule has 0 radical (unpaired) electrons. The van der Waals surface area contributed by atoms with Gasteiger partial charge in [-0.3, -0.25) is 0 Å². The maximum absolute atomic E-state index is 12.6. The lowest BCUT2D eigenvalue weighted by molar-refractivity contribution is -0.137. The van der Waals surface area contributed by atoms with E-state index in [4.69, 9.17) is 9.47 Å². The molecule has 2 aromatic rings. The minimum Gasteiger partial charge on any atom is -0.486 e. The van der Waals surface area contributed by atoms with Crippen LogP contribution in [-0.2, 0) is 24.1 Å². The zero-order valence-corrected chi connectivity index (χ0v) is 16.1. The van der Waals surface area contributed by atoms with Gasteiger partial charge < -0.3 is 14.6 Å². The molecule has 0 saturated heterocycles. The summed E-state index contributed by atoms with van der Waals surface area (Å²) in [4.78, 5) is 0.614. The summed E-state index contributed by atoms with van der Waals surface area (Å²) in [5, 5.41) is 11.2. The Bertz CT molecular complexity index is 806. The first-order valence-corrected chi connectivity index (χ1v) is 9.11.